The summed E-state index contributed by atoms with van der Waals surface area (Å²) in [5, 5.41) is 17.4. The predicted octanol–water partition coefficient (Wildman–Crippen LogP) is 0.818. The summed E-state index contributed by atoms with van der Waals surface area (Å²) in [6.07, 6.45) is 1.20. The third kappa shape index (κ3) is 1.42. The maximum atomic E-state index is 10.7. The van der Waals surface area contributed by atoms with Crippen LogP contribution >= 0.6 is 0 Å². The van der Waals surface area contributed by atoms with Crippen LogP contribution in [0.4, 0.5) is 0 Å². The van der Waals surface area contributed by atoms with Crippen molar-refractivity contribution in [2.45, 2.75) is 19.8 Å². The molecular weight excluding hydrogens is 160 g/mol. The van der Waals surface area contributed by atoms with Gasteiger partial charge in [-0.15, -0.1) is 0 Å². The van der Waals surface area contributed by atoms with Crippen molar-refractivity contribution >= 4 is 11.9 Å². The summed E-state index contributed by atoms with van der Waals surface area (Å²) in [5.41, 5.74) is 0. The summed E-state index contributed by atoms with van der Waals surface area (Å²) in [4.78, 5) is 21.3. The molecule has 0 aromatic rings. The van der Waals surface area contributed by atoms with Crippen LogP contribution in [-0.4, -0.2) is 22.2 Å². The van der Waals surface area contributed by atoms with Crippen molar-refractivity contribution in [1.29, 1.82) is 0 Å². The van der Waals surface area contributed by atoms with E-state index in [0.717, 1.165) is 0 Å². The molecule has 0 saturated heterocycles. The number of carboxylic acid groups (broad SMARTS) is 2. The Morgan fingerprint density at radius 1 is 1.17 bits per heavy atom. The molecule has 0 aromatic carbocycles. The molecule has 0 aromatic heterocycles. The average Bonchev–Trinajstić information content (AvgIpc) is 2.30. The summed E-state index contributed by atoms with van der Waals surface area (Å²) in [6.45, 7) is 1.79. The number of hydrogen-bond donors (Lipinski definition) is 2. The fourth-order valence-electron chi connectivity index (χ4n) is 1.89. The van der Waals surface area contributed by atoms with Crippen LogP contribution in [0.15, 0.2) is 0 Å². The van der Waals surface area contributed by atoms with Crippen LogP contribution in [0.1, 0.15) is 19.8 Å². The van der Waals surface area contributed by atoms with Gasteiger partial charge in [-0.25, -0.2) is 0 Å². The molecule has 4 heteroatoms. The monoisotopic (exact) mass is 172 g/mol. The first-order chi connectivity index (χ1) is 5.54. The quantitative estimate of drug-likeness (QED) is 0.646. The highest BCUT2D eigenvalue weighted by molar-refractivity contribution is 5.80. The first kappa shape index (κ1) is 9.03. The standard InChI is InChI=1S/C8H12O4/c1-4-2-3-5(7(9)10)6(4)8(11)12/h4-6H,2-3H2,1H3,(H,9,10)(H,11,12)/t4-,5+,6+/m0/s1. The normalized spacial score (nSPS) is 34.9. The van der Waals surface area contributed by atoms with Gasteiger partial charge in [-0.1, -0.05) is 6.92 Å². The van der Waals surface area contributed by atoms with Crippen LogP contribution in [-0.2, 0) is 9.59 Å². The topological polar surface area (TPSA) is 74.6 Å². The van der Waals surface area contributed by atoms with Crippen molar-refractivity contribution in [1.82, 2.24) is 0 Å². The minimum atomic E-state index is -0.980. The molecule has 1 saturated carbocycles. The predicted molar refractivity (Wildman–Crippen MR) is 40.6 cm³/mol. The van der Waals surface area contributed by atoms with E-state index in [0.29, 0.717) is 12.8 Å². The van der Waals surface area contributed by atoms with Gasteiger partial charge in [0.05, 0.1) is 11.8 Å². The van der Waals surface area contributed by atoms with Crippen LogP contribution in [0.5, 0.6) is 0 Å². The molecule has 12 heavy (non-hydrogen) atoms. The van der Waals surface area contributed by atoms with Crippen LogP contribution in [0.2, 0.25) is 0 Å². The number of hydrogen-bond acceptors (Lipinski definition) is 2. The van der Waals surface area contributed by atoms with E-state index in [9.17, 15) is 9.59 Å². The Morgan fingerprint density at radius 3 is 2.08 bits per heavy atom. The molecule has 68 valence electrons. The maximum absolute atomic E-state index is 10.7. The second-order valence-electron chi connectivity index (χ2n) is 3.36. The molecule has 0 spiro atoms. The fraction of sp³-hybridized carbons (Fsp3) is 0.750. The van der Waals surface area contributed by atoms with Gasteiger partial charge in [-0.05, 0) is 18.8 Å². The van der Waals surface area contributed by atoms with E-state index >= 15 is 0 Å². The SMILES string of the molecule is C[C@H]1CC[C@@H](C(=O)O)[C@@H]1C(=O)O. The molecule has 2 N–H and O–H groups in total. The first-order valence-electron chi connectivity index (χ1n) is 3.99. The smallest absolute Gasteiger partial charge is 0.307 e. The summed E-state index contributed by atoms with van der Waals surface area (Å²) in [5.74, 6) is -3.34. The Balaban J connectivity index is 2.77. The summed E-state index contributed by atoms with van der Waals surface area (Å²) in [6, 6.07) is 0. The molecule has 4 nitrogen and oxygen atoms in total. The van der Waals surface area contributed by atoms with Gasteiger partial charge in [-0.3, -0.25) is 9.59 Å². The van der Waals surface area contributed by atoms with E-state index in [2.05, 4.69) is 0 Å². The van der Waals surface area contributed by atoms with Crippen LogP contribution in [0, 0.1) is 17.8 Å². The number of carboxylic acids is 2. The minimum Gasteiger partial charge on any atom is -0.481 e. The van der Waals surface area contributed by atoms with E-state index in [1.807, 2.05) is 0 Å². The molecular formula is C8H12O4. The van der Waals surface area contributed by atoms with Gasteiger partial charge in [0.15, 0.2) is 0 Å². The lowest BCUT2D eigenvalue weighted by Crippen LogP contribution is -2.28. The number of rotatable bonds is 2. The van der Waals surface area contributed by atoms with Crippen molar-refractivity contribution in [2.24, 2.45) is 17.8 Å². The molecule has 0 unspecified atom stereocenters. The lowest BCUT2D eigenvalue weighted by molar-refractivity contribution is -0.153. The van der Waals surface area contributed by atoms with Gasteiger partial charge < -0.3 is 10.2 Å². The molecule has 0 amide bonds. The Bertz CT molecular complexity index is 211. The molecule has 1 rings (SSSR count). The zero-order valence-electron chi connectivity index (χ0n) is 6.86. The van der Waals surface area contributed by atoms with E-state index in [4.69, 9.17) is 10.2 Å². The van der Waals surface area contributed by atoms with E-state index < -0.39 is 23.8 Å². The minimum absolute atomic E-state index is 0.0106. The van der Waals surface area contributed by atoms with Crippen LogP contribution in [0.25, 0.3) is 0 Å². The molecule has 0 aliphatic heterocycles. The summed E-state index contributed by atoms with van der Waals surface area (Å²) >= 11 is 0. The average molecular weight is 172 g/mol. The molecule has 1 fully saturated rings. The van der Waals surface area contributed by atoms with E-state index in [-0.39, 0.29) is 5.92 Å². The molecule has 1 aliphatic rings. The van der Waals surface area contributed by atoms with Gasteiger partial charge in [0.1, 0.15) is 0 Å². The Kier molecular flexibility index (Phi) is 2.35. The highest BCUT2D eigenvalue weighted by Gasteiger charge is 2.42. The van der Waals surface area contributed by atoms with Crippen molar-refractivity contribution in [3.8, 4) is 0 Å². The van der Waals surface area contributed by atoms with Gasteiger partial charge in [0.25, 0.3) is 0 Å². The summed E-state index contributed by atoms with van der Waals surface area (Å²) in [7, 11) is 0. The molecule has 0 heterocycles. The summed E-state index contributed by atoms with van der Waals surface area (Å²) < 4.78 is 0. The Hall–Kier alpha value is -1.06. The van der Waals surface area contributed by atoms with Crippen molar-refractivity contribution in [3.05, 3.63) is 0 Å². The van der Waals surface area contributed by atoms with Gasteiger partial charge in [0.2, 0.25) is 0 Å². The second kappa shape index (κ2) is 3.13. The largest absolute Gasteiger partial charge is 0.481 e. The van der Waals surface area contributed by atoms with Crippen molar-refractivity contribution in [3.63, 3.8) is 0 Å². The molecule has 0 radical (unpaired) electrons. The number of aliphatic carboxylic acids is 2. The van der Waals surface area contributed by atoms with Crippen LogP contribution in [0.3, 0.4) is 0 Å². The second-order valence-corrected chi connectivity index (χ2v) is 3.36. The third-order valence-electron chi connectivity index (χ3n) is 2.58. The molecule has 3 atom stereocenters. The zero-order chi connectivity index (χ0) is 9.30. The van der Waals surface area contributed by atoms with Gasteiger partial charge >= 0.3 is 11.9 Å². The van der Waals surface area contributed by atoms with E-state index in [1.54, 1.807) is 6.92 Å². The highest BCUT2D eigenvalue weighted by Crippen LogP contribution is 2.36. The fourth-order valence-corrected chi connectivity index (χ4v) is 1.89. The lowest BCUT2D eigenvalue weighted by atomic mass is 9.91. The lowest BCUT2D eigenvalue weighted by Gasteiger charge is -2.13. The van der Waals surface area contributed by atoms with Crippen molar-refractivity contribution in [2.75, 3.05) is 0 Å². The van der Waals surface area contributed by atoms with E-state index in [1.165, 1.54) is 0 Å². The van der Waals surface area contributed by atoms with Crippen molar-refractivity contribution < 1.29 is 19.8 Å². The third-order valence-corrected chi connectivity index (χ3v) is 2.58. The first-order valence-corrected chi connectivity index (χ1v) is 3.99. The Labute approximate surface area is 70.2 Å². The zero-order valence-corrected chi connectivity index (χ0v) is 6.86. The number of carbonyl (C=O) groups is 2. The van der Waals surface area contributed by atoms with Gasteiger partial charge in [0, 0.05) is 0 Å². The molecule has 0 bridgehead atoms. The highest BCUT2D eigenvalue weighted by atomic mass is 16.4. The van der Waals surface area contributed by atoms with Crippen LogP contribution < -0.4 is 0 Å². The maximum Gasteiger partial charge on any atom is 0.307 e. The molecule has 1 aliphatic carbocycles. The Morgan fingerprint density at radius 2 is 1.75 bits per heavy atom. The van der Waals surface area contributed by atoms with Gasteiger partial charge in [-0.2, -0.15) is 0 Å².